The molecule has 17 heavy (non-hydrogen) atoms. The van der Waals surface area contributed by atoms with E-state index < -0.39 is 0 Å². The fraction of sp³-hybridized carbons (Fsp3) is 1.00. The molecule has 1 unspecified atom stereocenters. The van der Waals surface area contributed by atoms with Crippen molar-refractivity contribution in [2.45, 2.75) is 31.2 Å². The number of likely N-dealkylation sites (tertiary alicyclic amines) is 1. The van der Waals surface area contributed by atoms with Gasteiger partial charge in [0, 0.05) is 32.9 Å². The average Bonchev–Trinajstić information content (AvgIpc) is 2.98. The second-order valence-electron chi connectivity index (χ2n) is 6.01. The number of ether oxygens (including phenoxy) is 2. The van der Waals surface area contributed by atoms with Gasteiger partial charge >= 0.3 is 0 Å². The van der Waals surface area contributed by atoms with Gasteiger partial charge in [0.1, 0.15) is 0 Å². The molecule has 0 amide bonds. The van der Waals surface area contributed by atoms with Gasteiger partial charge in [-0.25, -0.2) is 0 Å². The molecule has 0 aromatic heterocycles. The van der Waals surface area contributed by atoms with Crippen LogP contribution in [-0.2, 0) is 9.47 Å². The van der Waals surface area contributed by atoms with Crippen molar-refractivity contribution in [3.05, 3.63) is 0 Å². The van der Waals surface area contributed by atoms with Gasteiger partial charge in [-0.1, -0.05) is 0 Å². The van der Waals surface area contributed by atoms with E-state index in [-0.39, 0.29) is 5.54 Å². The van der Waals surface area contributed by atoms with E-state index in [0.717, 1.165) is 39.4 Å². The van der Waals surface area contributed by atoms with E-state index in [1.807, 2.05) is 0 Å². The van der Waals surface area contributed by atoms with Crippen LogP contribution in [0.1, 0.15) is 25.7 Å². The predicted molar refractivity (Wildman–Crippen MR) is 65.9 cm³/mol. The highest BCUT2D eigenvalue weighted by atomic mass is 16.5. The summed E-state index contributed by atoms with van der Waals surface area (Å²) >= 11 is 0. The molecule has 3 fully saturated rings. The maximum absolute atomic E-state index is 6.02. The Hall–Kier alpha value is -0.160. The molecule has 4 nitrogen and oxygen atoms in total. The summed E-state index contributed by atoms with van der Waals surface area (Å²) in [5.74, 6) is 0. The third kappa shape index (κ3) is 2.01. The van der Waals surface area contributed by atoms with E-state index in [2.05, 4.69) is 4.90 Å². The van der Waals surface area contributed by atoms with Gasteiger partial charge < -0.3 is 15.2 Å². The number of hydrogen-bond donors (Lipinski definition) is 1. The Morgan fingerprint density at radius 3 is 2.41 bits per heavy atom. The van der Waals surface area contributed by atoms with Crippen LogP contribution in [0, 0.1) is 5.41 Å². The third-order valence-electron chi connectivity index (χ3n) is 5.13. The van der Waals surface area contributed by atoms with Gasteiger partial charge in [-0.15, -0.1) is 0 Å². The van der Waals surface area contributed by atoms with Crippen LogP contribution in [0.25, 0.3) is 0 Å². The van der Waals surface area contributed by atoms with Crippen molar-refractivity contribution >= 4 is 0 Å². The van der Waals surface area contributed by atoms with Gasteiger partial charge in [0.05, 0.1) is 12.1 Å². The van der Waals surface area contributed by atoms with Crippen LogP contribution in [-0.4, -0.2) is 56.5 Å². The highest BCUT2D eigenvalue weighted by Gasteiger charge is 2.48. The Kier molecular flexibility index (Phi) is 3.15. The molecule has 2 N–H and O–H groups in total. The number of hydrogen-bond acceptors (Lipinski definition) is 4. The molecule has 98 valence electrons. The highest BCUT2D eigenvalue weighted by molar-refractivity contribution is 5.02. The fourth-order valence-electron chi connectivity index (χ4n) is 3.69. The maximum atomic E-state index is 6.02. The lowest BCUT2D eigenvalue weighted by atomic mass is 9.79. The summed E-state index contributed by atoms with van der Waals surface area (Å²) in [6, 6.07) is 0. The summed E-state index contributed by atoms with van der Waals surface area (Å²) in [4.78, 5) is 2.62. The predicted octanol–water partition coefficient (Wildman–Crippen LogP) is 0.607. The Morgan fingerprint density at radius 2 is 1.76 bits per heavy atom. The van der Waals surface area contributed by atoms with Crippen molar-refractivity contribution < 1.29 is 9.47 Å². The van der Waals surface area contributed by atoms with Gasteiger partial charge in [-0.2, -0.15) is 0 Å². The molecule has 0 saturated carbocycles. The molecule has 1 spiro atoms. The summed E-state index contributed by atoms with van der Waals surface area (Å²) < 4.78 is 11.1. The molecule has 0 aliphatic carbocycles. The monoisotopic (exact) mass is 240 g/mol. The largest absolute Gasteiger partial charge is 0.381 e. The van der Waals surface area contributed by atoms with Crippen molar-refractivity contribution in [3.8, 4) is 0 Å². The molecule has 0 radical (unpaired) electrons. The normalized spacial score (nSPS) is 37.9. The first-order chi connectivity index (χ1) is 8.29. The fourth-order valence-corrected chi connectivity index (χ4v) is 3.69. The van der Waals surface area contributed by atoms with E-state index >= 15 is 0 Å². The van der Waals surface area contributed by atoms with Crippen LogP contribution in [0.15, 0.2) is 0 Å². The quantitative estimate of drug-likeness (QED) is 0.768. The molecule has 0 aromatic carbocycles. The van der Waals surface area contributed by atoms with Crippen molar-refractivity contribution in [1.82, 2.24) is 4.90 Å². The van der Waals surface area contributed by atoms with Gasteiger partial charge in [0.2, 0.25) is 0 Å². The Bertz CT molecular complexity index is 271. The minimum absolute atomic E-state index is 0.141. The minimum Gasteiger partial charge on any atom is -0.381 e. The summed E-state index contributed by atoms with van der Waals surface area (Å²) in [6.45, 7) is 6.73. The van der Waals surface area contributed by atoms with Gasteiger partial charge in [-0.3, -0.25) is 4.90 Å². The molecular weight excluding hydrogens is 216 g/mol. The lowest BCUT2D eigenvalue weighted by Gasteiger charge is -2.39. The number of nitrogens with two attached hydrogens (primary N) is 1. The molecule has 0 bridgehead atoms. The first-order valence-corrected chi connectivity index (χ1v) is 6.89. The first kappa shape index (κ1) is 11.9. The summed E-state index contributed by atoms with van der Waals surface area (Å²) in [5.41, 5.74) is 6.68. The molecule has 3 aliphatic rings. The topological polar surface area (TPSA) is 47.7 Å². The van der Waals surface area contributed by atoms with Gasteiger partial charge in [0.15, 0.2) is 0 Å². The highest BCUT2D eigenvalue weighted by Crippen LogP contribution is 2.43. The Morgan fingerprint density at radius 1 is 1.00 bits per heavy atom. The lowest BCUT2D eigenvalue weighted by Crippen LogP contribution is -2.54. The molecule has 0 aromatic rings. The lowest BCUT2D eigenvalue weighted by molar-refractivity contribution is 0.00904. The molecule has 3 aliphatic heterocycles. The molecule has 3 saturated heterocycles. The van der Waals surface area contributed by atoms with E-state index in [9.17, 15) is 0 Å². The van der Waals surface area contributed by atoms with Crippen molar-refractivity contribution in [2.24, 2.45) is 11.1 Å². The van der Waals surface area contributed by atoms with Crippen LogP contribution >= 0.6 is 0 Å². The summed E-state index contributed by atoms with van der Waals surface area (Å²) in [5, 5.41) is 0. The average molecular weight is 240 g/mol. The van der Waals surface area contributed by atoms with Gasteiger partial charge in [-0.05, 0) is 37.6 Å². The third-order valence-corrected chi connectivity index (χ3v) is 5.13. The second-order valence-corrected chi connectivity index (χ2v) is 6.01. The van der Waals surface area contributed by atoms with Crippen LogP contribution in [0.2, 0.25) is 0 Å². The summed E-state index contributed by atoms with van der Waals surface area (Å²) in [6.07, 6.45) is 4.88. The van der Waals surface area contributed by atoms with E-state index in [0.29, 0.717) is 5.41 Å². The van der Waals surface area contributed by atoms with E-state index in [1.54, 1.807) is 0 Å². The minimum atomic E-state index is 0.141. The van der Waals surface area contributed by atoms with Gasteiger partial charge in [0.25, 0.3) is 0 Å². The van der Waals surface area contributed by atoms with Crippen molar-refractivity contribution in [2.75, 3.05) is 46.1 Å². The van der Waals surface area contributed by atoms with Crippen molar-refractivity contribution in [3.63, 3.8) is 0 Å². The van der Waals surface area contributed by atoms with Crippen LogP contribution < -0.4 is 5.73 Å². The standard InChI is InChI=1S/C13H24N2O2/c14-9-13(4-8-17-11-13)15-5-1-12(10-15)2-6-16-7-3-12/h1-11,14H2. The zero-order chi connectivity index (χ0) is 11.8. The summed E-state index contributed by atoms with van der Waals surface area (Å²) in [7, 11) is 0. The second kappa shape index (κ2) is 4.50. The van der Waals surface area contributed by atoms with Crippen molar-refractivity contribution in [1.29, 1.82) is 0 Å². The zero-order valence-electron chi connectivity index (χ0n) is 10.6. The molecule has 4 heteroatoms. The number of rotatable bonds is 2. The molecule has 1 atom stereocenters. The SMILES string of the molecule is NCC1(N2CCC3(CCOCC3)C2)CCOC1. The first-order valence-electron chi connectivity index (χ1n) is 6.89. The zero-order valence-corrected chi connectivity index (χ0v) is 10.6. The maximum Gasteiger partial charge on any atom is 0.0663 e. The Balaban J connectivity index is 1.70. The molecule has 3 heterocycles. The molecular formula is C13H24N2O2. The van der Waals surface area contributed by atoms with Crippen LogP contribution in [0.4, 0.5) is 0 Å². The van der Waals surface area contributed by atoms with E-state index in [1.165, 1.54) is 32.4 Å². The van der Waals surface area contributed by atoms with Crippen LogP contribution in [0.5, 0.6) is 0 Å². The number of nitrogens with zero attached hydrogens (tertiary/aromatic N) is 1. The molecule has 3 rings (SSSR count). The Labute approximate surface area is 103 Å². The van der Waals surface area contributed by atoms with Crippen LogP contribution in [0.3, 0.4) is 0 Å². The van der Waals surface area contributed by atoms with E-state index in [4.69, 9.17) is 15.2 Å². The smallest absolute Gasteiger partial charge is 0.0663 e.